The molecule has 0 bridgehead atoms. The van der Waals surface area contributed by atoms with Crippen LogP contribution in [0, 0.1) is 11.6 Å². The van der Waals surface area contributed by atoms with Gasteiger partial charge in [0.05, 0.1) is 25.0 Å². The Bertz CT molecular complexity index is 600. The van der Waals surface area contributed by atoms with Crippen molar-refractivity contribution >= 4 is 0 Å². The molecule has 1 unspecified atom stereocenters. The lowest BCUT2D eigenvalue weighted by Crippen LogP contribution is -2.29. The molecule has 5 heteroatoms. The van der Waals surface area contributed by atoms with E-state index < -0.39 is 11.6 Å². The standard InChI is InChI=1S/C16H18F2N2O/c1-10(2)20-16(14-6-5-12(17)9-19-14)11-4-7-15(21-3)13(18)8-11/h4-10,16,20H,1-3H3. The lowest BCUT2D eigenvalue weighted by Gasteiger charge is -2.21. The van der Waals surface area contributed by atoms with Gasteiger partial charge in [-0.05, 0) is 43.7 Å². The smallest absolute Gasteiger partial charge is 0.165 e. The van der Waals surface area contributed by atoms with Gasteiger partial charge in [0.2, 0.25) is 0 Å². The lowest BCUT2D eigenvalue weighted by molar-refractivity contribution is 0.385. The first-order valence-corrected chi connectivity index (χ1v) is 6.72. The Hall–Kier alpha value is -2.01. The highest BCUT2D eigenvalue weighted by atomic mass is 19.1. The summed E-state index contributed by atoms with van der Waals surface area (Å²) in [7, 11) is 1.42. The summed E-state index contributed by atoms with van der Waals surface area (Å²) in [5, 5.41) is 3.30. The molecule has 2 rings (SSSR count). The summed E-state index contributed by atoms with van der Waals surface area (Å²) in [6.07, 6.45) is 1.16. The number of hydrogen-bond donors (Lipinski definition) is 1. The van der Waals surface area contributed by atoms with Crippen LogP contribution in [0.2, 0.25) is 0 Å². The van der Waals surface area contributed by atoms with E-state index in [2.05, 4.69) is 10.3 Å². The molecule has 112 valence electrons. The van der Waals surface area contributed by atoms with Crippen LogP contribution in [-0.2, 0) is 0 Å². The number of hydrogen-bond acceptors (Lipinski definition) is 3. The summed E-state index contributed by atoms with van der Waals surface area (Å²) in [4.78, 5) is 4.09. The van der Waals surface area contributed by atoms with Crippen molar-refractivity contribution in [1.82, 2.24) is 10.3 Å². The zero-order valence-electron chi connectivity index (χ0n) is 12.2. The van der Waals surface area contributed by atoms with E-state index in [0.717, 1.165) is 6.20 Å². The van der Waals surface area contributed by atoms with Crippen LogP contribution in [0.15, 0.2) is 36.5 Å². The number of pyridine rings is 1. The number of rotatable bonds is 5. The molecule has 0 saturated heterocycles. The van der Waals surface area contributed by atoms with Crippen LogP contribution in [0.4, 0.5) is 8.78 Å². The molecular weight excluding hydrogens is 274 g/mol. The number of nitrogens with one attached hydrogen (secondary N) is 1. The van der Waals surface area contributed by atoms with E-state index in [0.29, 0.717) is 11.3 Å². The average molecular weight is 292 g/mol. The maximum absolute atomic E-state index is 13.9. The quantitative estimate of drug-likeness (QED) is 0.916. The Labute approximate surface area is 123 Å². The second kappa shape index (κ2) is 6.63. The Morgan fingerprint density at radius 3 is 2.43 bits per heavy atom. The van der Waals surface area contributed by atoms with E-state index in [1.165, 1.54) is 19.2 Å². The number of nitrogens with zero attached hydrogens (tertiary/aromatic N) is 1. The van der Waals surface area contributed by atoms with Crippen LogP contribution < -0.4 is 10.1 Å². The van der Waals surface area contributed by atoms with Crippen LogP contribution in [0.3, 0.4) is 0 Å². The Balaban J connectivity index is 2.40. The number of ether oxygens (including phenoxy) is 1. The molecular formula is C16H18F2N2O. The highest BCUT2D eigenvalue weighted by Crippen LogP contribution is 2.26. The van der Waals surface area contributed by atoms with Gasteiger partial charge in [-0.15, -0.1) is 0 Å². The molecule has 0 spiro atoms. The lowest BCUT2D eigenvalue weighted by atomic mass is 10.0. The summed E-state index contributed by atoms with van der Waals surface area (Å²) in [5.74, 6) is -0.648. The zero-order valence-corrected chi connectivity index (χ0v) is 12.2. The van der Waals surface area contributed by atoms with Gasteiger partial charge >= 0.3 is 0 Å². The maximum atomic E-state index is 13.9. The molecule has 0 saturated carbocycles. The second-order valence-electron chi connectivity index (χ2n) is 5.05. The van der Waals surface area contributed by atoms with Gasteiger partial charge in [-0.2, -0.15) is 0 Å². The molecule has 1 N–H and O–H groups in total. The highest BCUT2D eigenvalue weighted by Gasteiger charge is 2.18. The fourth-order valence-corrected chi connectivity index (χ4v) is 2.11. The summed E-state index contributed by atoms with van der Waals surface area (Å²) in [6, 6.07) is 7.53. The van der Waals surface area contributed by atoms with Crippen molar-refractivity contribution < 1.29 is 13.5 Å². The van der Waals surface area contributed by atoms with E-state index in [-0.39, 0.29) is 17.8 Å². The van der Waals surface area contributed by atoms with Crippen molar-refractivity contribution in [2.75, 3.05) is 7.11 Å². The molecule has 1 aromatic heterocycles. The van der Waals surface area contributed by atoms with Crippen molar-refractivity contribution in [3.63, 3.8) is 0 Å². The largest absolute Gasteiger partial charge is 0.494 e. The Kier molecular flexibility index (Phi) is 4.85. The first-order valence-electron chi connectivity index (χ1n) is 6.72. The molecule has 0 amide bonds. The molecule has 0 radical (unpaired) electrons. The van der Waals surface area contributed by atoms with Crippen LogP contribution in [0.5, 0.6) is 5.75 Å². The minimum Gasteiger partial charge on any atom is -0.494 e. The van der Waals surface area contributed by atoms with Crippen molar-refractivity contribution in [2.45, 2.75) is 25.9 Å². The van der Waals surface area contributed by atoms with E-state index in [1.807, 2.05) is 13.8 Å². The van der Waals surface area contributed by atoms with Gasteiger partial charge < -0.3 is 10.1 Å². The molecule has 2 aromatic rings. The van der Waals surface area contributed by atoms with Gasteiger partial charge in [-0.25, -0.2) is 8.78 Å². The van der Waals surface area contributed by atoms with Crippen LogP contribution in [0.1, 0.15) is 31.1 Å². The van der Waals surface area contributed by atoms with Crippen molar-refractivity contribution in [3.8, 4) is 5.75 Å². The fraction of sp³-hybridized carbons (Fsp3) is 0.312. The third-order valence-corrected chi connectivity index (χ3v) is 3.06. The Morgan fingerprint density at radius 2 is 1.90 bits per heavy atom. The molecule has 0 fully saturated rings. The molecule has 1 atom stereocenters. The van der Waals surface area contributed by atoms with Crippen molar-refractivity contribution in [1.29, 1.82) is 0 Å². The van der Waals surface area contributed by atoms with Crippen LogP contribution in [0.25, 0.3) is 0 Å². The first-order chi connectivity index (χ1) is 10.0. The number of halogens is 2. The van der Waals surface area contributed by atoms with Gasteiger partial charge in [-0.3, -0.25) is 4.98 Å². The fourth-order valence-electron chi connectivity index (χ4n) is 2.11. The first kappa shape index (κ1) is 15.4. The normalized spacial score (nSPS) is 12.5. The number of methoxy groups -OCH3 is 1. The molecule has 0 aliphatic heterocycles. The predicted octanol–water partition coefficient (Wildman–Crippen LogP) is 3.46. The van der Waals surface area contributed by atoms with Crippen molar-refractivity contribution in [3.05, 3.63) is 59.4 Å². The van der Waals surface area contributed by atoms with Gasteiger partial charge in [0.25, 0.3) is 0 Å². The van der Waals surface area contributed by atoms with Crippen LogP contribution >= 0.6 is 0 Å². The van der Waals surface area contributed by atoms with Gasteiger partial charge in [0.15, 0.2) is 11.6 Å². The SMILES string of the molecule is COc1ccc(C(NC(C)C)c2ccc(F)cn2)cc1F. The minimum atomic E-state index is -0.437. The third kappa shape index (κ3) is 3.76. The third-order valence-electron chi connectivity index (χ3n) is 3.06. The van der Waals surface area contributed by atoms with E-state index >= 15 is 0 Å². The molecule has 1 aromatic carbocycles. The highest BCUT2D eigenvalue weighted by molar-refractivity contribution is 5.34. The van der Waals surface area contributed by atoms with Gasteiger partial charge in [-0.1, -0.05) is 6.07 Å². The van der Waals surface area contributed by atoms with E-state index in [4.69, 9.17) is 4.74 Å². The summed E-state index contributed by atoms with van der Waals surface area (Å²) < 4.78 is 31.8. The minimum absolute atomic E-state index is 0.159. The molecule has 0 aliphatic carbocycles. The maximum Gasteiger partial charge on any atom is 0.165 e. The molecule has 0 aliphatic rings. The summed E-state index contributed by atoms with van der Waals surface area (Å²) in [5.41, 5.74) is 1.34. The topological polar surface area (TPSA) is 34.1 Å². The number of benzene rings is 1. The van der Waals surface area contributed by atoms with Gasteiger partial charge in [0.1, 0.15) is 5.82 Å². The zero-order chi connectivity index (χ0) is 15.4. The second-order valence-corrected chi connectivity index (χ2v) is 5.05. The Morgan fingerprint density at radius 1 is 1.14 bits per heavy atom. The average Bonchev–Trinajstić information content (AvgIpc) is 2.45. The predicted molar refractivity (Wildman–Crippen MR) is 77.3 cm³/mol. The molecule has 21 heavy (non-hydrogen) atoms. The van der Waals surface area contributed by atoms with E-state index in [9.17, 15) is 8.78 Å². The molecule has 1 heterocycles. The summed E-state index contributed by atoms with van der Waals surface area (Å²) >= 11 is 0. The van der Waals surface area contributed by atoms with E-state index in [1.54, 1.807) is 18.2 Å². The van der Waals surface area contributed by atoms with Crippen molar-refractivity contribution in [2.24, 2.45) is 0 Å². The van der Waals surface area contributed by atoms with Gasteiger partial charge in [0, 0.05) is 6.04 Å². The van der Waals surface area contributed by atoms with Crippen LogP contribution in [-0.4, -0.2) is 18.1 Å². The summed E-state index contributed by atoms with van der Waals surface area (Å²) in [6.45, 7) is 3.97. The monoisotopic (exact) mass is 292 g/mol. The number of aromatic nitrogens is 1. The molecule has 3 nitrogen and oxygen atoms in total.